The standard InChI is InChI=1S/C17H24N4OS.HI/c1-13-15(12-20-17(18-2)19-10-7-11-22-3)23-16(21-13)14-8-5-4-6-9-14;/h4-6,8-9H,7,10-12H2,1-3H3,(H2,18,19,20);1H. The maximum Gasteiger partial charge on any atom is 0.191 e. The molecule has 5 nitrogen and oxygen atoms in total. The Labute approximate surface area is 165 Å². The molecule has 0 spiro atoms. The second-order valence-corrected chi connectivity index (χ2v) is 6.18. The summed E-state index contributed by atoms with van der Waals surface area (Å²) in [6.07, 6.45) is 0.953. The molecule has 0 bridgehead atoms. The summed E-state index contributed by atoms with van der Waals surface area (Å²) in [4.78, 5) is 10.1. The van der Waals surface area contributed by atoms with Gasteiger partial charge in [0.15, 0.2) is 5.96 Å². The van der Waals surface area contributed by atoms with Gasteiger partial charge in [-0.3, -0.25) is 4.99 Å². The van der Waals surface area contributed by atoms with Crippen LogP contribution in [0.25, 0.3) is 10.6 Å². The van der Waals surface area contributed by atoms with Crippen LogP contribution in [-0.4, -0.2) is 38.3 Å². The summed E-state index contributed by atoms with van der Waals surface area (Å²) in [6.45, 7) is 4.36. The SMILES string of the molecule is CN=C(NCCCOC)NCc1sc(-c2ccccc2)nc1C.I. The number of nitrogens with one attached hydrogen (secondary N) is 2. The van der Waals surface area contributed by atoms with Gasteiger partial charge in [-0.15, -0.1) is 35.3 Å². The third-order valence-corrected chi connectivity index (χ3v) is 4.58. The van der Waals surface area contributed by atoms with Gasteiger partial charge in [0.25, 0.3) is 0 Å². The normalized spacial score (nSPS) is 11.0. The Hall–Kier alpha value is -1.19. The Morgan fingerprint density at radius 1 is 1.25 bits per heavy atom. The van der Waals surface area contributed by atoms with Gasteiger partial charge < -0.3 is 15.4 Å². The molecule has 0 aliphatic rings. The molecule has 1 aromatic carbocycles. The van der Waals surface area contributed by atoms with E-state index in [1.54, 1.807) is 25.5 Å². The van der Waals surface area contributed by atoms with Crippen LogP contribution in [0.4, 0.5) is 0 Å². The minimum atomic E-state index is 0. The molecule has 0 unspecified atom stereocenters. The number of halogens is 1. The number of nitrogens with zero attached hydrogens (tertiary/aromatic N) is 2. The van der Waals surface area contributed by atoms with Crippen molar-refractivity contribution in [1.82, 2.24) is 15.6 Å². The number of methoxy groups -OCH3 is 1. The van der Waals surface area contributed by atoms with Gasteiger partial charge in [0, 0.05) is 37.7 Å². The molecule has 132 valence electrons. The number of thiazole rings is 1. The summed E-state index contributed by atoms with van der Waals surface area (Å²) in [5.74, 6) is 0.801. The van der Waals surface area contributed by atoms with Crippen LogP contribution in [0, 0.1) is 6.92 Å². The van der Waals surface area contributed by atoms with Crippen LogP contribution >= 0.6 is 35.3 Å². The van der Waals surface area contributed by atoms with Crippen molar-refractivity contribution in [2.45, 2.75) is 19.9 Å². The Bertz CT molecular complexity index is 631. The minimum Gasteiger partial charge on any atom is -0.385 e. The fourth-order valence-electron chi connectivity index (χ4n) is 2.10. The van der Waals surface area contributed by atoms with E-state index in [2.05, 4.69) is 39.7 Å². The lowest BCUT2D eigenvalue weighted by Crippen LogP contribution is -2.37. The third-order valence-electron chi connectivity index (χ3n) is 3.37. The van der Waals surface area contributed by atoms with Crippen molar-refractivity contribution in [3.8, 4) is 10.6 Å². The van der Waals surface area contributed by atoms with Crippen LogP contribution in [0.2, 0.25) is 0 Å². The number of benzene rings is 1. The van der Waals surface area contributed by atoms with Crippen molar-refractivity contribution < 1.29 is 4.74 Å². The Kier molecular flexibility index (Phi) is 9.89. The number of aryl methyl sites for hydroxylation is 1. The fraction of sp³-hybridized carbons (Fsp3) is 0.412. The number of hydrogen-bond donors (Lipinski definition) is 2. The average Bonchev–Trinajstić information content (AvgIpc) is 2.96. The summed E-state index contributed by atoms with van der Waals surface area (Å²) in [7, 11) is 3.49. The highest BCUT2D eigenvalue weighted by Gasteiger charge is 2.09. The molecular formula is C17H25IN4OS. The van der Waals surface area contributed by atoms with Gasteiger partial charge in [0.1, 0.15) is 5.01 Å². The van der Waals surface area contributed by atoms with Crippen molar-refractivity contribution in [2.24, 2.45) is 4.99 Å². The molecule has 0 atom stereocenters. The highest BCUT2D eigenvalue weighted by Crippen LogP contribution is 2.27. The van der Waals surface area contributed by atoms with Crippen molar-refractivity contribution in [1.29, 1.82) is 0 Å². The summed E-state index contributed by atoms with van der Waals surface area (Å²) in [5, 5.41) is 7.67. The lowest BCUT2D eigenvalue weighted by atomic mass is 10.2. The lowest BCUT2D eigenvalue weighted by molar-refractivity contribution is 0.195. The largest absolute Gasteiger partial charge is 0.385 e. The molecule has 7 heteroatoms. The van der Waals surface area contributed by atoms with E-state index in [1.807, 2.05) is 18.2 Å². The first-order chi connectivity index (χ1) is 11.2. The minimum absolute atomic E-state index is 0. The molecule has 2 aromatic rings. The van der Waals surface area contributed by atoms with E-state index in [4.69, 9.17) is 4.74 Å². The molecule has 2 N–H and O–H groups in total. The number of rotatable bonds is 7. The molecule has 0 saturated heterocycles. The van der Waals surface area contributed by atoms with E-state index < -0.39 is 0 Å². The number of guanidine groups is 1. The predicted octanol–water partition coefficient (Wildman–Crippen LogP) is 3.44. The van der Waals surface area contributed by atoms with Crippen molar-refractivity contribution in [3.63, 3.8) is 0 Å². The smallest absolute Gasteiger partial charge is 0.191 e. The molecule has 1 aromatic heterocycles. The monoisotopic (exact) mass is 460 g/mol. The van der Waals surface area contributed by atoms with E-state index >= 15 is 0 Å². The van der Waals surface area contributed by atoms with Crippen LogP contribution < -0.4 is 10.6 Å². The molecular weight excluding hydrogens is 435 g/mol. The molecule has 24 heavy (non-hydrogen) atoms. The zero-order valence-electron chi connectivity index (χ0n) is 14.3. The maximum absolute atomic E-state index is 5.04. The summed E-state index contributed by atoms with van der Waals surface area (Å²) in [5.41, 5.74) is 2.23. The third kappa shape index (κ3) is 6.37. The van der Waals surface area contributed by atoms with Crippen LogP contribution in [0.15, 0.2) is 35.3 Å². The number of aliphatic imine (C=N–C) groups is 1. The van der Waals surface area contributed by atoms with Crippen LogP contribution in [0.5, 0.6) is 0 Å². The molecule has 0 aliphatic heterocycles. The Morgan fingerprint density at radius 2 is 2.00 bits per heavy atom. The van der Waals surface area contributed by atoms with Crippen LogP contribution in [0.1, 0.15) is 17.0 Å². The zero-order chi connectivity index (χ0) is 16.5. The van der Waals surface area contributed by atoms with E-state index in [0.29, 0.717) is 0 Å². The zero-order valence-corrected chi connectivity index (χ0v) is 17.5. The van der Waals surface area contributed by atoms with E-state index in [9.17, 15) is 0 Å². The average molecular weight is 460 g/mol. The molecule has 0 aliphatic carbocycles. The highest BCUT2D eigenvalue weighted by molar-refractivity contribution is 14.0. The molecule has 0 fully saturated rings. The number of aromatic nitrogens is 1. The first kappa shape index (κ1) is 20.9. The van der Waals surface area contributed by atoms with Gasteiger partial charge in [0.2, 0.25) is 0 Å². The van der Waals surface area contributed by atoms with Crippen LogP contribution in [0.3, 0.4) is 0 Å². The molecule has 1 heterocycles. The van der Waals surface area contributed by atoms with Crippen molar-refractivity contribution in [2.75, 3.05) is 27.3 Å². The van der Waals surface area contributed by atoms with E-state index in [0.717, 1.165) is 48.3 Å². The van der Waals surface area contributed by atoms with Crippen molar-refractivity contribution >= 4 is 41.3 Å². The lowest BCUT2D eigenvalue weighted by Gasteiger charge is -2.11. The first-order valence-electron chi connectivity index (χ1n) is 7.69. The molecule has 0 amide bonds. The second kappa shape index (κ2) is 11.4. The highest BCUT2D eigenvalue weighted by atomic mass is 127. The topological polar surface area (TPSA) is 58.5 Å². The quantitative estimate of drug-likeness (QED) is 0.288. The van der Waals surface area contributed by atoms with Gasteiger partial charge in [-0.2, -0.15) is 0 Å². The summed E-state index contributed by atoms with van der Waals surface area (Å²) < 4.78 is 5.04. The van der Waals surface area contributed by atoms with Gasteiger partial charge in [-0.05, 0) is 13.3 Å². The van der Waals surface area contributed by atoms with E-state index in [1.165, 1.54) is 4.88 Å². The molecule has 2 rings (SSSR count). The Morgan fingerprint density at radius 3 is 2.67 bits per heavy atom. The first-order valence-corrected chi connectivity index (χ1v) is 8.51. The van der Waals surface area contributed by atoms with Gasteiger partial charge >= 0.3 is 0 Å². The van der Waals surface area contributed by atoms with Gasteiger partial charge in [-0.25, -0.2) is 4.98 Å². The van der Waals surface area contributed by atoms with Gasteiger partial charge in [-0.1, -0.05) is 30.3 Å². The molecule has 0 saturated carbocycles. The van der Waals surface area contributed by atoms with Crippen molar-refractivity contribution in [3.05, 3.63) is 40.9 Å². The number of hydrogen-bond acceptors (Lipinski definition) is 4. The fourth-order valence-corrected chi connectivity index (χ4v) is 3.11. The maximum atomic E-state index is 5.04. The van der Waals surface area contributed by atoms with Gasteiger partial charge in [0.05, 0.1) is 12.2 Å². The second-order valence-electron chi connectivity index (χ2n) is 5.09. The predicted molar refractivity (Wildman–Crippen MR) is 112 cm³/mol. The van der Waals surface area contributed by atoms with Crippen LogP contribution in [-0.2, 0) is 11.3 Å². The Balaban J connectivity index is 0.00000288. The summed E-state index contributed by atoms with van der Waals surface area (Å²) in [6, 6.07) is 10.3. The molecule has 0 radical (unpaired) electrons. The summed E-state index contributed by atoms with van der Waals surface area (Å²) >= 11 is 1.72. The number of ether oxygens (including phenoxy) is 1. The van der Waals surface area contributed by atoms with E-state index in [-0.39, 0.29) is 24.0 Å².